The average Bonchev–Trinajstić information content (AvgIpc) is 2.02. The Morgan fingerprint density at radius 3 is 2.14 bits per heavy atom. The molecular formula is C8H6Cl2O3S. The number of carbonyl (C=O) groups excluding carboxylic acids is 1. The summed E-state index contributed by atoms with van der Waals surface area (Å²) in [6.07, 6.45) is 0. The zero-order valence-electron chi connectivity index (χ0n) is 6.91. The Kier molecular flexibility index (Phi) is 3.53. The second-order valence-electron chi connectivity index (χ2n) is 2.61. The van der Waals surface area contributed by atoms with E-state index in [0.717, 1.165) is 0 Å². The van der Waals surface area contributed by atoms with E-state index >= 15 is 0 Å². The fourth-order valence-electron chi connectivity index (χ4n) is 0.876. The number of hydrogen-bond acceptors (Lipinski definition) is 3. The maximum Gasteiger partial charge on any atom is 0.240 e. The van der Waals surface area contributed by atoms with E-state index in [9.17, 15) is 13.2 Å². The molecule has 0 saturated heterocycles. The average molecular weight is 253 g/mol. The highest BCUT2D eigenvalue weighted by Crippen LogP contribution is 2.11. The third-order valence-corrected chi connectivity index (χ3v) is 2.66. The van der Waals surface area contributed by atoms with Gasteiger partial charge in [-0.05, 0) is 24.3 Å². The molecule has 0 heterocycles. The molecule has 14 heavy (non-hydrogen) atoms. The van der Waals surface area contributed by atoms with Crippen LogP contribution in [0.5, 0.6) is 0 Å². The molecule has 0 saturated carbocycles. The van der Waals surface area contributed by atoms with Crippen molar-refractivity contribution >= 4 is 37.1 Å². The molecule has 0 bridgehead atoms. The molecule has 0 fully saturated rings. The van der Waals surface area contributed by atoms with Gasteiger partial charge in [0, 0.05) is 21.3 Å². The molecule has 0 radical (unpaired) electrons. The second kappa shape index (κ2) is 4.29. The molecule has 1 aromatic carbocycles. The number of carbonyl (C=O) groups is 1. The number of hydrogen-bond donors (Lipinski definition) is 0. The van der Waals surface area contributed by atoms with Gasteiger partial charge in [-0.1, -0.05) is 11.6 Å². The van der Waals surface area contributed by atoms with Crippen molar-refractivity contribution in [3.63, 3.8) is 0 Å². The predicted molar refractivity (Wildman–Crippen MR) is 55.4 cm³/mol. The maximum absolute atomic E-state index is 11.3. The van der Waals surface area contributed by atoms with Crippen molar-refractivity contribution in [1.29, 1.82) is 0 Å². The van der Waals surface area contributed by atoms with Gasteiger partial charge in [0.25, 0.3) is 0 Å². The van der Waals surface area contributed by atoms with Gasteiger partial charge in [-0.2, -0.15) is 0 Å². The van der Waals surface area contributed by atoms with Crippen molar-refractivity contribution in [2.75, 3.05) is 5.75 Å². The lowest BCUT2D eigenvalue weighted by atomic mass is 10.1. The molecule has 0 aromatic heterocycles. The van der Waals surface area contributed by atoms with E-state index < -0.39 is 20.6 Å². The van der Waals surface area contributed by atoms with Crippen LogP contribution in [0.25, 0.3) is 0 Å². The Morgan fingerprint density at radius 1 is 1.21 bits per heavy atom. The Labute approximate surface area is 91.1 Å². The molecule has 1 rings (SSSR count). The van der Waals surface area contributed by atoms with E-state index in [0.29, 0.717) is 5.02 Å². The molecule has 0 atom stereocenters. The minimum absolute atomic E-state index is 0.277. The predicted octanol–water partition coefficient (Wildman–Crippen LogP) is 2.09. The van der Waals surface area contributed by atoms with Gasteiger partial charge in [0.05, 0.1) is 0 Å². The van der Waals surface area contributed by atoms with E-state index in [4.69, 9.17) is 22.3 Å². The molecule has 0 amide bonds. The molecule has 0 spiro atoms. The molecule has 0 N–H and O–H groups in total. The Hall–Kier alpha value is -0.580. The number of benzene rings is 1. The minimum atomic E-state index is -3.79. The van der Waals surface area contributed by atoms with Crippen LogP contribution in [-0.2, 0) is 9.05 Å². The fourth-order valence-corrected chi connectivity index (χ4v) is 1.78. The third-order valence-electron chi connectivity index (χ3n) is 1.47. The number of halogens is 2. The van der Waals surface area contributed by atoms with Gasteiger partial charge >= 0.3 is 0 Å². The molecule has 0 aliphatic rings. The molecule has 76 valence electrons. The normalized spacial score (nSPS) is 11.3. The smallest absolute Gasteiger partial charge is 0.240 e. The van der Waals surface area contributed by atoms with Crippen molar-refractivity contribution in [2.24, 2.45) is 0 Å². The highest BCUT2D eigenvalue weighted by atomic mass is 35.7. The van der Waals surface area contributed by atoms with Gasteiger partial charge in [0.1, 0.15) is 5.75 Å². The van der Waals surface area contributed by atoms with Crippen molar-refractivity contribution in [2.45, 2.75) is 0 Å². The number of Topliss-reactive ketones (excluding diaryl/α,β-unsaturated/α-hetero) is 1. The van der Waals surface area contributed by atoms with E-state index in [2.05, 4.69) is 0 Å². The van der Waals surface area contributed by atoms with Gasteiger partial charge < -0.3 is 0 Å². The van der Waals surface area contributed by atoms with E-state index in [1.54, 1.807) is 0 Å². The molecule has 1 aromatic rings. The molecular weight excluding hydrogens is 247 g/mol. The van der Waals surface area contributed by atoms with Crippen LogP contribution >= 0.6 is 22.3 Å². The van der Waals surface area contributed by atoms with Crippen LogP contribution < -0.4 is 0 Å². The van der Waals surface area contributed by atoms with Crippen LogP contribution in [0.2, 0.25) is 5.02 Å². The summed E-state index contributed by atoms with van der Waals surface area (Å²) in [7, 11) is 1.14. The third kappa shape index (κ3) is 3.65. The van der Waals surface area contributed by atoms with Crippen LogP contribution in [0.15, 0.2) is 24.3 Å². The molecule has 0 aliphatic heterocycles. The van der Waals surface area contributed by atoms with Gasteiger partial charge in [-0.25, -0.2) is 8.42 Å². The molecule has 0 unspecified atom stereocenters. The topological polar surface area (TPSA) is 51.2 Å². The number of ketones is 1. The second-order valence-corrected chi connectivity index (χ2v) is 5.83. The van der Waals surface area contributed by atoms with E-state index in [1.165, 1.54) is 24.3 Å². The lowest BCUT2D eigenvalue weighted by Gasteiger charge is -1.97. The quantitative estimate of drug-likeness (QED) is 0.612. The summed E-state index contributed by atoms with van der Waals surface area (Å²) in [5, 5.41) is 0.482. The fraction of sp³-hybridized carbons (Fsp3) is 0.125. The standard InChI is InChI=1S/C8H6Cl2O3S/c9-7-3-1-6(2-4-7)8(11)5-14(10,12)13/h1-4H,5H2. The summed E-state index contributed by atoms with van der Waals surface area (Å²) in [6, 6.07) is 5.92. The van der Waals surface area contributed by atoms with Crippen molar-refractivity contribution in [3.8, 4) is 0 Å². The van der Waals surface area contributed by atoms with Crippen LogP contribution in [0.3, 0.4) is 0 Å². The van der Waals surface area contributed by atoms with Gasteiger partial charge in [0.2, 0.25) is 9.05 Å². The molecule has 6 heteroatoms. The lowest BCUT2D eigenvalue weighted by Crippen LogP contribution is -2.11. The van der Waals surface area contributed by atoms with Crippen molar-refractivity contribution < 1.29 is 13.2 Å². The first kappa shape index (κ1) is 11.5. The summed E-state index contributed by atoms with van der Waals surface area (Å²) < 4.78 is 21.2. The van der Waals surface area contributed by atoms with Crippen LogP contribution in [0.1, 0.15) is 10.4 Å². The SMILES string of the molecule is O=C(CS(=O)(=O)Cl)c1ccc(Cl)cc1. The van der Waals surface area contributed by atoms with Crippen molar-refractivity contribution in [3.05, 3.63) is 34.9 Å². The Balaban J connectivity index is 2.86. The largest absolute Gasteiger partial charge is 0.293 e. The summed E-state index contributed by atoms with van der Waals surface area (Å²) in [5.74, 6) is -1.24. The van der Waals surface area contributed by atoms with Gasteiger partial charge in [-0.3, -0.25) is 4.79 Å². The number of rotatable bonds is 3. The summed E-state index contributed by atoms with van der Waals surface area (Å²) >= 11 is 5.59. The minimum Gasteiger partial charge on any atom is -0.293 e. The van der Waals surface area contributed by atoms with Crippen LogP contribution in [0, 0.1) is 0 Å². The zero-order valence-corrected chi connectivity index (χ0v) is 9.23. The maximum atomic E-state index is 11.3. The lowest BCUT2D eigenvalue weighted by molar-refractivity contribution is 0.102. The van der Waals surface area contributed by atoms with E-state index in [-0.39, 0.29) is 5.56 Å². The first-order valence-corrected chi connectivity index (χ1v) is 6.45. The first-order chi connectivity index (χ1) is 6.38. The van der Waals surface area contributed by atoms with Gasteiger partial charge in [0.15, 0.2) is 5.78 Å². The highest BCUT2D eigenvalue weighted by molar-refractivity contribution is 8.14. The van der Waals surface area contributed by atoms with Crippen LogP contribution in [0.4, 0.5) is 0 Å². The summed E-state index contributed by atoms with van der Waals surface area (Å²) in [6.45, 7) is 0. The Bertz CT molecular complexity index is 436. The zero-order chi connectivity index (χ0) is 10.8. The van der Waals surface area contributed by atoms with Crippen molar-refractivity contribution in [1.82, 2.24) is 0 Å². The monoisotopic (exact) mass is 252 g/mol. The first-order valence-electron chi connectivity index (χ1n) is 3.59. The molecule has 3 nitrogen and oxygen atoms in total. The Morgan fingerprint density at radius 2 is 1.71 bits per heavy atom. The van der Waals surface area contributed by atoms with Crippen LogP contribution in [-0.4, -0.2) is 20.0 Å². The van der Waals surface area contributed by atoms with E-state index in [1.807, 2.05) is 0 Å². The summed E-state index contributed by atoms with van der Waals surface area (Å²) in [4.78, 5) is 11.3. The van der Waals surface area contributed by atoms with Gasteiger partial charge in [-0.15, -0.1) is 0 Å². The summed E-state index contributed by atoms with van der Waals surface area (Å²) in [5.41, 5.74) is 0.277. The molecule has 0 aliphatic carbocycles. The highest BCUT2D eigenvalue weighted by Gasteiger charge is 2.14.